The Kier molecular flexibility index (Phi) is 7.39. The van der Waals surface area contributed by atoms with E-state index in [9.17, 15) is 26.4 Å². The molecule has 0 amide bonds. The lowest BCUT2D eigenvalue weighted by Crippen LogP contribution is -2.40. The molecule has 0 saturated heterocycles. The van der Waals surface area contributed by atoms with E-state index in [1.807, 2.05) is 0 Å². The summed E-state index contributed by atoms with van der Waals surface area (Å²) in [5.41, 5.74) is 0.745. The zero-order chi connectivity index (χ0) is 20.1. The molecule has 0 heterocycles. The number of carbonyl (C=O) groups excluding carboxylic acids is 1. The van der Waals surface area contributed by atoms with E-state index in [4.69, 9.17) is 14.0 Å². The summed E-state index contributed by atoms with van der Waals surface area (Å²) in [6, 6.07) is 2.42. The van der Waals surface area contributed by atoms with Crippen LogP contribution in [-0.2, 0) is 27.5 Å². The first-order valence-corrected chi connectivity index (χ1v) is 9.12. The first-order valence-electron chi connectivity index (χ1n) is 7.51. The fraction of sp³-hybridized carbons (Fsp3) is 0.462. The molecule has 0 aliphatic carbocycles. The van der Waals surface area contributed by atoms with E-state index in [1.165, 1.54) is 12.1 Å². The smallest absolute Gasteiger partial charge is 0.480 e. The van der Waals surface area contributed by atoms with Gasteiger partial charge in [-0.25, -0.2) is 4.79 Å². The Morgan fingerprint density at radius 1 is 1.23 bits per heavy atom. The van der Waals surface area contributed by atoms with Gasteiger partial charge in [0.1, 0.15) is 32.9 Å². The Labute approximate surface area is 150 Å². The van der Waals surface area contributed by atoms with E-state index < -0.39 is 34.3 Å². The van der Waals surface area contributed by atoms with Gasteiger partial charge in [0.05, 0.1) is 7.11 Å². The number of rotatable bonds is 7. The normalized spacial score (nSPS) is 13.1. The third-order valence-electron chi connectivity index (χ3n) is 3.34. The highest BCUT2D eigenvalue weighted by atomic mass is 32.2. The minimum Gasteiger partial charge on any atom is -0.480 e. The molecule has 1 aromatic carbocycles. The maximum atomic E-state index is 13.0. The summed E-state index contributed by atoms with van der Waals surface area (Å²) in [6.45, 7) is 0. The van der Waals surface area contributed by atoms with E-state index in [2.05, 4.69) is 4.74 Å². The van der Waals surface area contributed by atoms with Crippen molar-refractivity contribution in [2.45, 2.75) is 24.9 Å². The number of hydrogen-bond acceptors (Lipinski definition) is 6. The van der Waals surface area contributed by atoms with Gasteiger partial charge >= 0.3 is 12.3 Å². The number of benzene rings is 1. The Morgan fingerprint density at radius 2 is 1.73 bits per heavy atom. The molecule has 1 N–H and O–H groups in total. The van der Waals surface area contributed by atoms with Crippen LogP contribution in [0.4, 0.5) is 18.0 Å². The average Bonchev–Trinajstić information content (AvgIpc) is 2.52. The molecule has 7 nitrogen and oxygen atoms in total. The summed E-state index contributed by atoms with van der Waals surface area (Å²) in [4.78, 5) is 11.3. The van der Waals surface area contributed by atoms with Gasteiger partial charge in [-0.15, -0.1) is 0 Å². The number of ether oxygens (including phenoxy) is 3. The number of halogens is 3. The second kappa shape index (κ2) is 8.67. The minimum atomic E-state index is -5.02. The second-order valence-corrected chi connectivity index (χ2v) is 6.73. The first kappa shape index (κ1) is 22.2. The first-order chi connectivity index (χ1) is 11.9. The highest BCUT2D eigenvalue weighted by molar-refractivity contribution is 7.85. The van der Waals surface area contributed by atoms with Crippen molar-refractivity contribution < 1.29 is 45.1 Å². The number of hydrogen-bond donors (Lipinski definition) is 1. The lowest BCUT2D eigenvalue weighted by atomic mass is 9.89. The molecule has 0 spiro atoms. The second-order valence-electron chi connectivity index (χ2n) is 5.23. The molecule has 0 bridgehead atoms. The molecule has 0 aromatic heterocycles. The van der Waals surface area contributed by atoms with Crippen LogP contribution in [0.2, 0.25) is 0 Å². The quantitative estimate of drug-likeness (QED) is 0.306. The Bertz CT molecular complexity index is 728. The van der Waals surface area contributed by atoms with Crippen molar-refractivity contribution in [3.63, 3.8) is 0 Å². The van der Waals surface area contributed by atoms with Crippen molar-refractivity contribution in [3.05, 3.63) is 23.3 Å². The van der Waals surface area contributed by atoms with Crippen LogP contribution in [0.25, 0.3) is 0 Å². The van der Waals surface area contributed by atoms with Gasteiger partial charge in [0.25, 0.3) is 10.1 Å². The van der Waals surface area contributed by atoms with Crippen molar-refractivity contribution in [2.24, 2.45) is 0 Å². The highest BCUT2D eigenvalue weighted by Gasteiger charge is 2.44. The van der Waals surface area contributed by atoms with Crippen LogP contribution in [0.5, 0.6) is 11.5 Å². The molecule has 26 heavy (non-hydrogen) atoms. The maximum absolute atomic E-state index is 13.0. The van der Waals surface area contributed by atoms with E-state index >= 15 is 0 Å². The summed E-state index contributed by atoms with van der Waals surface area (Å²) < 4.78 is 83.7. The van der Waals surface area contributed by atoms with Crippen LogP contribution in [0, 0.1) is 0 Å². The number of carbonyl (C=O) groups is 1. The van der Waals surface area contributed by atoms with E-state index in [0.29, 0.717) is 23.8 Å². The van der Waals surface area contributed by atoms with Crippen LogP contribution >= 0.6 is 0 Å². The lowest BCUT2D eigenvalue weighted by molar-refractivity contribution is -0.188. The molecular formula is C13H17B2F3O7S. The molecule has 1 unspecified atom stereocenters. The van der Waals surface area contributed by atoms with Crippen molar-refractivity contribution >= 4 is 32.0 Å². The molecule has 13 heteroatoms. The Morgan fingerprint density at radius 3 is 2.08 bits per heavy atom. The zero-order valence-electron chi connectivity index (χ0n) is 14.3. The van der Waals surface area contributed by atoms with Crippen LogP contribution < -0.4 is 9.47 Å². The highest BCUT2D eigenvalue weighted by Crippen LogP contribution is 2.33. The topological polar surface area (TPSA) is 99.1 Å². The van der Waals surface area contributed by atoms with Gasteiger partial charge in [0.15, 0.2) is 0 Å². The van der Waals surface area contributed by atoms with Crippen LogP contribution in [0.15, 0.2) is 12.1 Å². The van der Waals surface area contributed by atoms with Crippen LogP contribution in [0.1, 0.15) is 11.1 Å². The third-order valence-corrected chi connectivity index (χ3v) is 4.06. The maximum Gasteiger partial charge on any atom is 0.513 e. The summed E-state index contributed by atoms with van der Waals surface area (Å²) in [7, 11) is -0.440. The van der Waals surface area contributed by atoms with Crippen molar-refractivity contribution in [1.82, 2.24) is 0 Å². The van der Waals surface area contributed by atoms with Gasteiger partial charge in [-0.3, -0.25) is 4.55 Å². The molecule has 1 rings (SSSR count). The minimum absolute atomic E-state index is 0.146. The molecule has 0 fully saturated rings. The van der Waals surface area contributed by atoms with Gasteiger partial charge in [0.2, 0.25) is 6.10 Å². The molecule has 0 aliphatic heterocycles. The predicted octanol–water partition coefficient (Wildman–Crippen LogP) is 0.296. The molecule has 144 valence electrons. The van der Waals surface area contributed by atoms with E-state index in [0.717, 1.165) is 7.11 Å². The van der Waals surface area contributed by atoms with Crippen molar-refractivity contribution in [2.75, 3.05) is 12.9 Å². The Balaban J connectivity index is 3.29. The summed E-state index contributed by atoms with van der Waals surface area (Å²) in [5, 5.41) is 0. The SMILES string of the molecule is BCc1cc(OC(CS(=O)(=O)O)C(F)(F)F)cc(CB)c1OC(=O)OC. The van der Waals surface area contributed by atoms with E-state index in [-0.39, 0.29) is 11.5 Å². The fourth-order valence-electron chi connectivity index (χ4n) is 2.12. The molecule has 0 aliphatic rings. The van der Waals surface area contributed by atoms with Gasteiger partial charge in [-0.05, 0) is 23.3 Å². The summed E-state index contributed by atoms with van der Waals surface area (Å²) in [5.74, 6) is -1.76. The monoisotopic (exact) mass is 396 g/mol. The fourth-order valence-corrected chi connectivity index (χ4v) is 2.76. The Hall–Kier alpha value is -1.88. The molecule has 1 atom stereocenters. The van der Waals surface area contributed by atoms with Crippen LogP contribution in [-0.4, -0.2) is 60.0 Å². The molecule has 1 aromatic rings. The standard InChI is InChI=1S/C13H17B2F3O7S/c1-23-12(19)25-11-7(4-14)2-9(3-8(11)5-15)24-10(13(16,17)18)6-26(20,21)22/h2-3,10H,4-6,14-15H2,1H3,(H,20,21,22). The van der Waals surface area contributed by atoms with Crippen molar-refractivity contribution in [1.29, 1.82) is 0 Å². The van der Waals surface area contributed by atoms with Crippen molar-refractivity contribution in [3.8, 4) is 11.5 Å². The predicted molar refractivity (Wildman–Crippen MR) is 90.9 cm³/mol. The van der Waals surface area contributed by atoms with E-state index in [1.54, 1.807) is 15.7 Å². The molecule has 0 saturated carbocycles. The number of methoxy groups -OCH3 is 1. The summed E-state index contributed by atoms with van der Waals surface area (Å²) >= 11 is 0. The van der Waals surface area contributed by atoms with Gasteiger partial charge in [-0.1, -0.05) is 12.6 Å². The average molecular weight is 396 g/mol. The zero-order valence-corrected chi connectivity index (χ0v) is 15.1. The van der Waals surface area contributed by atoms with Gasteiger partial charge < -0.3 is 14.2 Å². The van der Waals surface area contributed by atoms with Gasteiger partial charge in [-0.2, -0.15) is 21.6 Å². The van der Waals surface area contributed by atoms with Crippen LogP contribution in [0.3, 0.4) is 0 Å². The van der Waals surface area contributed by atoms with Gasteiger partial charge in [0, 0.05) is 0 Å². The summed E-state index contributed by atoms with van der Waals surface area (Å²) in [6.07, 6.45) is -8.16. The molecule has 0 radical (unpaired) electrons. The lowest BCUT2D eigenvalue weighted by Gasteiger charge is -2.22. The largest absolute Gasteiger partial charge is 0.513 e. The third kappa shape index (κ3) is 6.45. The number of alkyl halides is 3. The molecular weight excluding hydrogens is 379 g/mol.